The van der Waals surface area contributed by atoms with E-state index in [0.717, 1.165) is 6.42 Å². The lowest BCUT2D eigenvalue weighted by Crippen LogP contribution is -2.38. The number of benzene rings is 1. The number of hydrogen-bond acceptors (Lipinski definition) is 5. The van der Waals surface area contributed by atoms with E-state index in [2.05, 4.69) is 10.6 Å². The molecule has 0 atom stereocenters. The Kier molecular flexibility index (Phi) is 7.45. The number of carbonyl (C=O) groups excluding carboxylic acids is 3. The highest BCUT2D eigenvalue weighted by Gasteiger charge is 2.11. The van der Waals surface area contributed by atoms with E-state index in [1.54, 1.807) is 18.2 Å². The predicted octanol–water partition coefficient (Wildman–Crippen LogP) is 0.494. The first kappa shape index (κ1) is 17.5. The molecule has 2 amide bonds. The van der Waals surface area contributed by atoms with Crippen molar-refractivity contribution in [2.45, 2.75) is 13.3 Å². The fraction of sp³-hybridized carbons (Fsp3) is 0.400. The first-order chi connectivity index (χ1) is 10.6. The lowest BCUT2D eigenvalue weighted by molar-refractivity contribution is -0.127. The lowest BCUT2D eigenvalue weighted by atomic mass is 10.2. The molecule has 1 rings (SSSR count). The molecule has 2 N–H and O–H groups in total. The Hall–Kier alpha value is -2.57. The van der Waals surface area contributed by atoms with Crippen molar-refractivity contribution in [1.82, 2.24) is 10.6 Å². The summed E-state index contributed by atoms with van der Waals surface area (Å²) >= 11 is 0. The van der Waals surface area contributed by atoms with E-state index in [1.165, 1.54) is 13.2 Å². The smallest absolute Gasteiger partial charge is 0.338 e. The third kappa shape index (κ3) is 6.25. The zero-order valence-corrected chi connectivity index (χ0v) is 12.7. The maximum absolute atomic E-state index is 11.8. The molecule has 0 aliphatic rings. The van der Waals surface area contributed by atoms with Crippen LogP contribution in [0.25, 0.3) is 0 Å². The highest BCUT2D eigenvalue weighted by atomic mass is 16.5. The summed E-state index contributed by atoms with van der Waals surface area (Å²) in [5, 5.41) is 4.98. The van der Waals surface area contributed by atoms with Crippen molar-refractivity contribution >= 4 is 17.8 Å². The molecule has 0 aromatic heterocycles. The average Bonchev–Trinajstić information content (AvgIpc) is 2.55. The van der Waals surface area contributed by atoms with Gasteiger partial charge >= 0.3 is 5.97 Å². The van der Waals surface area contributed by atoms with Crippen LogP contribution in [0.2, 0.25) is 0 Å². The van der Waals surface area contributed by atoms with Crippen LogP contribution >= 0.6 is 0 Å². The minimum atomic E-state index is -0.635. The van der Waals surface area contributed by atoms with Crippen LogP contribution in [0.5, 0.6) is 5.75 Å². The number of hydrogen-bond donors (Lipinski definition) is 2. The molecule has 7 heteroatoms. The molecule has 0 bridgehead atoms. The van der Waals surface area contributed by atoms with Gasteiger partial charge in [-0.3, -0.25) is 9.59 Å². The molecule has 0 heterocycles. The minimum Gasteiger partial charge on any atom is -0.497 e. The Bertz CT molecular complexity index is 530. The maximum atomic E-state index is 11.8. The molecule has 1 aromatic rings. The molecular formula is C15H20N2O5. The van der Waals surface area contributed by atoms with Crippen molar-refractivity contribution in [1.29, 1.82) is 0 Å². The molecule has 7 nitrogen and oxygen atoms in total. The molecule has 22 heavy (non-hydrogen) atoms. The molecular weight excluding hydrogens is 288 g/mol. The summed E-state index contributed by atoms with van der Waals surface area (Å²) < 4.78 is 9.86. The SMILES string of the molecule is CCCNC(=O)CNC(=O)COC(=O)c1cccc(OC)c1. The molecule has 0 spiro atoms. The Labute approximate surface area is 129 Å². The number of amides is 2. The van der Waals surface area contributed by atoms with Gasteiger partial charge in [0, 0.05) is 6.54 Å². The van der Waals surface area contributed by atoms with Crippen LogP contribution in [0.15, 0.2) is 24.3 Å². The number of nitrogens with one attached hydrogen (secondary N) is 2. The van der Waals surface area contributed by atoms with Crippen molar-refractivity contribution in [3.8, 4) is 5.75 Å². The minimum absolute atomic E-state index is 0.143. The number of ether oxygens (including phenoxy) is 2. The van der Waals surface area contributed by atoms with Crippen molar-refractivity contribution in [2.75, 3.05) is 26.8 Å². The fourth-order valence-electron chi connectivity index (χ4n) is 1.52. The van der Waals surface area contributed by atoms with Crippen LogP contribution in [-0.4, -0.2) is 44.6 Å². The summed E-state index contributed by atoms with van der Waals surface area (Å²) in [6.45, 7) is 1.89. The van der Waals surface area contributed by atoms with Gasteiger partial charge < -0.3 is 20.1 Å². The number of methoxy groups -OCH3 is 1. The molecule has 0 unspecified atom stereocenters. The quantitative estimate of drug-likeness (QED) is 0.682. The summed E-state index contributed by atoms with van der Waals surface area (Å²) in [6.07, 6.45) is 0.817. The van der Waals surface area contributed by atoms with E-state index in [9.17, 15) is 14.4 Å². The normalized spacial score (nSPS) is 9.73. The number of esters is 1. The van der Waals surface area contributed by atoms with Gasteiger partial charge in [-0.05, 0) is 24.6 Å². The van der Waals surface area contributed by atoms with Gasteiger partial charge in [0.15, 0.2) is 6.61 Å². The molecule has 0 saturated heterocycles. The Morgan fingerprint density at radius 1 is 1.14 bits per heavy atom. The summed E-state index contributed by atoms with van der Waals surface area (Å²) in [4.78, 5) is 34.5. The van der Waals surface area contributed by atoms with Crippen LogP contribution < -0.4 is 15.4 Å². The average molecular weight is 308 g/mol. The van der Waals surface area contributed by atoms with Gasteiger partial charge in [-0.2, -0.15) is 0 Å². The molecule has 0 fully saturated rings. The standard InChI is InChI=1S/C15H20N2O5/c1-3-7-16-13(18)9-17-14(19)10-22-15(20)11-5-4-6-12(8-11)21-2/h4-6,8H,3,7,9-10H2,1-2H3,(H,16,18)(H,17,19). The molecule has 0 aliphatic heterocycles. The molecule has 1 aromatic carbocycles. The first-order valence-electron chi connectivity index (χ1n) is 6.91. The third-order valence-electron chi connectivity index (χ3n) is 2.66. The van der Waals surface area contributed by atoms with Gasteiger partial charge in [0.2, 0.25) is 5.91 Å². The maximum Gasteiger partial charge on any atom is 0.338 e. The van der Waals surface area contributed by atoms with Gasteiger partial charge in [0.05, 0.1) is 19.2 Å². The Morgan fingerprint density at radius 3 is 2.59 bits per heavy atom. The van der Waals surface area contributed by atoms with Crippen molar-refractivity contribution in [2.24, 2.45) is 0 Å². The summed E-state index contributed by atoms with van der Waals surface area (Å²) in [7, 11) is 1.49. The lowest BCUT2D eigenvalue weighted by Gasteiger charge is -2.07. The van der Waals surface area contributed by atoms with Crippen LogP contribution in [-0.2, 0) is 14.3 Å². The van der Waals surface area contributed by atoms with E-state index in [4.69, 9.17) is 9.47 Å². The zero-order chi connectivity index (χ0) is 16.4. The largest absolute Gasteiger partial charge is 0.497 e. The van der Waals surface area contributed by atoms with Crippen LogP contribution in [0, 0.1) is 0 Å². The van der Waals surface area contributed by atoms with E-state index >= 15 is 0 Å². The highest BCUT2D eigenvalue weighted by Crippen LogP contribution is 2.13. The van der Waals surface area contributed by atoms with Crippen molar-refractivity contribution < 1.29 is 23.9 Å². The highest BCUT2D eigenvalue weighted by molar-refractivity contribution is 5.92. The summed E-state index contributed by atoms with van der Waals surface area (Å²) in [5.74, 6) is -0.937. The second-order valence-corrected chi connectivity index (χ2v) is 4.43. The molecule has 120 valence electrons. The third-order valence-corrected chi connectivity index (χ3v) is 2.66. The Morgan fingerprint density at radius 2 is 1.91 bits per heavy atom. The van der Waals surface area contributed by atoms with Gasteiger partial charge in [0.1, 0.15) is 5.75 Å². The zero-order valence-electron chi connectivity index (χ0n) is 12.7. The fourth-order valence-corrected chi connectivity index (χ4v) is 1.52. The second-order valence-electron chi connectivity index (χ2n) is 4.43. The molecule has 0 aliphatic carbocycles. The van der Waals surface area contributed by atoms with E-state index < -0.39 is 18.5 Å². The number of rotatable bonds is 8. The van der Waals surface area contributed by atoms with Crippen LogP contribution in [0.1, 0.15) is 23.7 Å². The predicted molar refractivity (Wildman–Crippen MR) is 79.6 cm³/mol. The number of carbonyl (C=O) groups is 3. The molecule has 0 saturated carbocycles. The van der Waals surface area contributed by atoms with E-state index in [-0.39, 0.29) is 18.0 Å². The van der Waals surface area contributed by atoms with E-state index in [0.29, 0.717) is 12.3 Å². The van der Waals surface area contributed by atoms with Gasteiger partial charge in [-0.15, -0.1) is 0 Å². The second kappa shape index (κ2) is 9.38. The topological polar surface area (TPSA) is 93.7 Å². The van der Waals surface area contributed by atoms with Gasteiger partial charge in [-0.25, -0.2) is 4.79 Å². The van der Waals surface area contributed by atoms with Crippen LogP contribution in [0.3, 0.4) is 0 Å². The van der Waals surface area contributed by atoms with Gasteiger partial charge in [0.25, 0.3) is 5.91 Å². The molecule has 0 radical (unpaired) electrons. The van der Waals surface area contributed by atoms with Crippen molar-refractivity contribution in [3.05, 3.63) is 29.8 Å². The monoisotopic (exact) mass is 308 g/mol. The first-order valence-corrected chi connectivity index (χ1v) is 6.91. The van der Waals surface area contributed by atoms with E-state index in [1.807, 2.05) is 6.92 Å². The summed E-state index contributed by atoms with van der Waals surface area (Å²) in [6, 6.07) is 6.41. The summed E-state index contributed by atoms with van der Waals surface area (Å²) in [5.41, 5.74) is 0.285. The Balaban J connectivity index is 2.34. The van der Waals surface area contributed by atoms with Crippen LogP contribution in [0.4, 0.5) is 0 Å². The van der Waals surface area contributed by atoms with Gasteiger partial charge in [-0.1, -0.05) is 13.0 Å². The van der Waals surface area contributed by atoms with Crippen molar-refractivity contribution in [3.63, 3.8) is 0 Å².